The van der Waals surface area contributed by atoms with Gasteiger partial charge in [0.15, 0.2) is 0 Å². The first kappa shape index (κ1) is 9.09. The molecule has 0 aliphatic heterocycles. The van der Waals surface area contributed by atoms with E-state index in [0.29, 0.717) is 12.3 Å². The third-order valence-corrected chi connectivity index (χ3v) is 2.53. The molecule has 0 fully saturated rings. The number of fused-ring (bicyclic) bond motifs is 1. The predicted molar refractivity (Wildman–Crippen MR) is 57.2 cm³/mol. The molecule has 3 heteroatoms. The van der Waals surface area contributed by atoms with Crippen molar-refractivity contribution in [3.8, 4) is 5.75 Å². The van der Waals surface area contributed by atoms with E-state index < -0.39 is 0 Å². The summed E-state index contributed by atoms with van der Waals surface area (Å²) in [6.45, 7) is 3.45. The fraction of sp³-hybridized carbons (Fsp3) is 0.273. The largest absolute Gasteiger partial charge is 0.507 e. The van der Waals surface area contributed by atoms with E-state index in [0.717, 1.165) is 23.1 Å². The van der Waals surface area contributed by atoms with Gasteiger partial charge < -0.3 is 15.4 Å². The van der Waals surface area contributed by atoms with E-state index in [2.05, 4.69) is 11.5 Å². The number of nitrogens with two attached hydrogens (primary N) is 1. The highest BCUT2D eigenvalue weighted by Gasteiger charge is 2.08. The summed E-state index contributed by atoms with van der Waals surface area (Å²) < 4.78 is 2.12. The fourth-order valence-electron chi connectivity index (χ4n) is 1.87. The van der Waals surface area contributed by atoms with E-state index in [-0.39, 0.29) is 0 Å². The summed E-state index contributed by atoms with van der Waals surface area (Å²) in [5, 5.41) is 10.5. The Bertz CT molecular complexity index is 460. The van der Waals surface area contributed by atoms with Gasteiger partial charge in [-0.05, 0) is 25.1 Å². The van der Waals surface area contributed by atoms with E-state index in [4.69, 9.17) is 5.73 Å². The molecule has 0 amide bonds. The van der Waals surface area contributed by atoms with Gasteiger partial charge in [0.05, 0.1) is 5.52 Å². The third kappa shape index (κ3) is 1.17. The minimum Gasteiger partial charge on any atom is -0.507 e. The highest BCUT2D eigenvalue weighted by Crippen LogP contribution is 2.27. The van der Waals surface area contributed by atoms with E-state index in [9.17, 15) is 5.11 Å². The van der Waals surface area contributed by atoms with Gasteiger partial charge in [-0.15, -0.1) is 0 Å². The molecule has 0 bridgehead atoms. The van der Waals surface area contributed by atoms with Crippen molar-refractivity contribution in [1.82, 2.24) is 4.57 Å². The Morgan fingerprint density at radius 2 is 2.21 bits per heavy atom. The Morgan fingerprint density at radius 3 is 2.86 bits per heavy atom. The second-order valence-corrected chi connectivity index (χ2v) is 3.29. The van der Waals surface area contributed by atoms with Gasteiger partial charge in [0.2, 0.25) is 0 Å². The van der Waals surface area contributed by atoms with Gasteiger partial charge in [-0.1, -0.05) is 6.07 Å². The van der Waals surface area contributed by atoms with Crippen LogP contribution in [-0.4, -0.2) is 9.67 Å². The molecular weight excluding hydrogens is 176 g/mol. The number of hydrogen-bond acceptors (Lipinski definition) is 2. The molecule has 3 nitrogen and oxygen atoms in total. The summed E-state index contributed by atoms with van der Waals surface area (Å²) in [6, 6.07) is 7.50. The molecule has 74 valence electrons. The van der Waals surface area contributed by atoms with Gasteiger partial charge in [-0.25, -0.2) is 0 Å². The van der Waals surface area contributed by atoms with Gasteiger partial charge >= 0.3 is 0 Å². The second kappa shape index (κ2) is 3.35. The van der Waals surface area contributed by atoms with Crippen LogP contribution in [0.25, 0.3) is 10.9 Å². The van der Waals surface area contributed by atoms with Crippen molar-refractivity contribution in [1.29, 1.82) is 0 Å². The predicted octanol–water partition coefficient (Wildman–Crippen LogP) is 1.83. The zero-order valence-electron chi connectivity index (χ0n) is 8.20. The van der Waals surface area contributed by atoms with E-state index in [1.165, 1.54) is 0 Å². The van der Waals surface area contributed by atoms with Crippen LogP contribution in [0.1, 0.15) is 12.6 Å². The SMILES string of the molecule is CCn1c(CN)cc2c(O)cccc21. The number of aromatic nitrogens is 1. The number of hydrogen-bond donors (Lipinski definition) is 2. The van der Waals surface area contributed by atoms with Crippen LogP contribution in [0, 0.1) is 0 Å². The Balaban J connectivity index is 2.79. The molecule has 1 aromatic carbocycles. The zero-order valence-corrected chi connectivity index (χ0v) is 8.20. The topological polar surface area (TPSA) is 51.2 Å². The number of nitrogens with zero attached hydrogens (tertiary/aromatic N) is 1. The minimum atomic E-state index is 0.324. The van der Waals surface area contributed by atoms with Crippen molar-refractivity contribution in [2.45, 2.75) is 20.0 Å². The maximum Gasteiger partial charge on any atom is 0.124 e. The highest BCUT2D eigenvalue weighted by molar-refractivity contribution is 5.87. The molecule has 14 heavy (non-hydrogen) atoms. The molecule has 0 spiro atoms. The molecule has 0 aliphatic rings. The Hall–Kier alpha value is -1.48. The van der Waals surface area contributed by atoms with Gasteiger partial charge in [-0.3, -0.25) is 0 Å². The van der Waals surface area contributed by atoms with Crippen LogP contribution < -0.4 is 5.73 Å². The Labute approximate surface area is 82.8 Å². The first-order valence-electron chi connectivity index (χ1n) is 4.78. The molecule has 0 radical (unpaired) electrons. The quantitative estimate of drug-likeness (QED) is 0.759. The van der Waals surface area contributed by atoms with Crippen LogP contribution in [0.15, 0.2) is 24.3 Å². The maximum absolute atomic E-state index is 9.65. The van der Waals surface area contributed by atoms with Crippen LogP contribution >= 0.6 is 0 Å². The third-order valence-electron chi connectivity index (χ3n) is 2.53. The number of aryl methyl sites for hydroxylation is 1. The summed E-state index contributed by atoms with van der Waals surface area (Å²) in [5.74, 6) is 0.324. The maximum atomic E-state index is 9.65. The van der Waals surface area contributed by atoms with Crippen molar-refractivity contribution in [2.75, 3.05) is 0 Å². The molecule has 1 aromatic heterocycles. The number of phenolic OH excluding ortho intramolecular Hbond substituents is 1. The molecule has 0 atom stereocenters. The van der Waals surface area contributed by atoms with Gasteiger partial charge in [0.25, 0.3) is 0 Å². The number of phenols is 1. The summed E-state index contributed by atoms with van der Waals surface area (Å²) in [7, 11) is 0. The van der Waals surface area contributed by atoms with Crippen molar-refractivity contribution in [2.24, 2.45) is 5.73 Å². The van der Waals surface area contributed by atoms with E-state index in [1.807, 2.05) is 18.2 Å². The van der Waals surface area contributed by atoms with Crippen LogP contribution in [0.2, 0.25) is 0 Å². The molecule has 2 aromatic rings. The minimum absolute atomic E-state index is 0.324. The standard InChI is InChI=1S/C11H14N2O/c1-2-13-8(7-12)6-9-10(13)4-3-5-11(9)14/h3-6,14H,2,7,12H2,1H3. The average molecular weight is 190 g/mol. The number of benzene rings is 1. The van der Waals surface area contributed by atoms with E-state index >= 15 is 0 Å². The number of aromatic hydroxyl groups is 1. The summed E-state index contributed by atoms with van der Waals surface area (Å²) in [4.78, 5) is 0. The Kier molecular flexibility index (Phi) is 2.17. The first-order chi connectivity index (χ1) is 6.77. The molecule has 0 aliphatic carbocycles. The first-order valence-corrected chi connectivity index (χ1v) is 4.78. The second-order valence-electron chi connectivity index (χ2n) is 3.29. The summed E-state index contributed by atoms with van der Waals surface area (Å²) in [6.07, 6.45) is 0. The lowest BCUT2D eigenvalue weighted by Crippen LogP contribution is -2.05. The van der Waals surface area contributed by atoms with Crippen LogP contribution in [0.4, 0.5) is 0 Å². The lowest BCUT2D eigenvalue weighted by Gasteiger charge is -2.05. The summed E-state index contributed by atoms with van der Waals surface area (Å²) >= 11 is 0. The molecule has 0 saturated heterocycles. The molecular formula is C11H14N2O. The monoisotopic (exact) mass is 190 g/mol. The van der Waals surface area contributed by atoms with Crippen molar-refractivity contribution in [3.63, 3.8) is 0 Å². The van der Waals surface area contributed by atoms with Crippen molar-refractivity contribution in [3.05, 3.63) is 30.0 Å². The van der Waals surface area contributed by atoms with Gasteiger partial charge in [0, 0.05) is 24.2 Å². The molecule has 0 saturated carbocycles. The van der Waals surface area contributed by atoms with Crippen molar-refractivity contribution >= 4 is 10.9 Å². The lowest BCUT2D eigenvalue weighted by molar-refractivity contribution is 0.481. The highest BCUT2D eigenvalue weighted by atomic mass is 16.3. The van der Waals surface area contributed by atoms with Crippen LogP contribution in [0.3, 0.4) is 0 Å². The average Bonchev–Trinajstić information content (AvgIpc) is 2.57. The molecule has 1 heterocycles. The van der Waals surface area contributed by atoms with Gasteiger partial charge in [0.1, 0.15) is 5.75 Å². The number of rotatable bonds is 2. The van der Waals surface area contributed by atoms with Gasteiger partial charge in [-0.2, -0.15) is 0 Å². The molecule has 3 N–H and O–H groups in total. The molecule has 0 unspecified atom stereocenters. The van der Waals surface area contributed by atoms with Crippen LogP contribution in [0.5, 0.6) is 5.75 Å². The molecule has 2 rings (SSSR count). The van der Waals surface area contributed by atoms with E-state index in [1.54, 1.807) is 6.07 Å². The summed E-state index contributed by atoms with van der Waals surface area (Å²) in [5.41, 5.74) is 7.75. The lowest BCUT2D eigenvalue weighted by atomic mass is 10.2. The fourth-order valence-corrected chi connectivity index (χ4v) is 1.87. The zero-order chi connectivity index (χ0) is 10.1. The Morgan fingerprint density at radius 1 is 1.43 bits per heavy atom. The van der Waals surface area contributed by atoms with Crippen molar-refractivity contribution < 1.29 is 5.11 Å². The van der Waals surface area contributed by atoms with Crippen LogP contribution in [-0.2, 0) is 13.1 Å². The normalized spacial score (nSPS) is 11.0. The smallest absolute Gasteiger partial charge is 0.124 e.